The molecule has 1 aliphatic heterocycles. The first-order chi connectivity index (χ1) is 7.63. The van der Waals surface area contributed by atoms with Gasteiger partial charge in [0.2, 0.25) is 0 Å². The minimum absolute atomic E-state index is 0.323. The van der Waals surface area contributed by atoms with Crippen LogP contribution in [0.5, 0.6) is 5.75 Å². The first-order valence-electron chi connectivity index (χ1n) is 5.32. The maximum Gasteiger partial charge on any atom is 0.314 e. The topological polar surface area (TPSA) is 46.5 Å². The van der Waals surface area contributed by atoms with Gasteiger partial charge in [-0.3, -0.25) is 4.79 Å². The number of carbonyl (C=O) groups is 1. The fraction of sp³-hybridized carbons (Fsp3) is 0.417. The monoisotopic (exact) mass is 222 g/mol. The van der Waals surface area contributed by atoms with Gasteiger partial charge in [-0.25, -0.2) is 4.39 Å². The van der Waals surface area contributed by atoms with Gasteiger partial charge in [0, 0.05) is 18.1 Å². The summed E-state index contributed by atoms with van der Waals surface area (Å²) in [6, 6.07) is 2.99. The Morgan fingerprint density at radius 3 is 2.81 bits per heavy atom. The Morgan fingerprint density at radius 1 is 1.44 bits per heavy atom. The van der Waals surface area contributed by atoms with Crippen LogP contribution in [0.1, 0.15) is 24.0 Å². The van der Waals surface area contributed by atoms with Gasteiger partial charge < -0.3 is 9.84 Å². The fourth-order valence-corrected chi connectivity index (χ4v) is 2.29. The molecule has 0 unspecified atom stereocenters. The number of carboxylic acid groups (broad SMARTS) is 1. The van der Waals surface area contributed by atoms with E-state index >= 15 is 0 Å². The van der Waals surface area contributed by atoms with E-state index in [4.69, 9.17) is 9.84 Å². The molecule has 1 fully saturated rings. The van der Waals surface area contributed by atoms with Crippen LogP contribution in [0.25, 0.3) is 0 Å². The Bertz CT molecular complexity index is 477. The third-order valence-electron chi connectivity index (χ3n) is 3.45. The van der Waals surface area contributed by atoms with Crippen molar-refractivity contribution >= 4 is 5.97 Å². The van der Waals surface area contributed by atoms with Crippen molar-refractivity contribution in [2.75, 3.05) is 6.61 Å². The standard InChI is InChI=1S/C12H11FO3/c13-9-6-10-7(1-4-16-10)5-8(9)12(2-3-12)11(14)15/h5-6H,1-4H2,(H,14,15). The molecule has 0 radical (unpaired) electrons. The van der Waals surface area contributed by atoms with E-state index < -0.39 is 17.2 Å². The van der Waals surface area contributed by atoms with Crippen LogP contribution >= 0.6 is 0 Å². The van der Waals surface area contributed by atoms with Gasteiger partial charge in [-0.1, -0.05) is 0 Å². The molecule has 1 heterocycles. The lowest BCUT2D eigenvalue weighted by Gasteiger charge is -2.12. The van der Waals surface area contributed by atoms with Crippen LogP contribution in [0.2, 0.25) is 0 Å². The second kappa shape index (κ2) is 2.97. The van der Waals surface area contributed by atoms with Crippen LogP contribution in [0.15, 0.2) is 12.1 Å². The fourth-order valence-electron chi connectivity index (χ4n) is 2.29. The van der Waals surface area contributed by atoms with E-state index in [2.05, 4.69) is 0 Å². The molecule has 1 N–H and O–H groups in total. The molecule has 1 aromatic rings. The van der Waals surface area contributed by atoms with E-state index in [1.54, 1.807) is 6.07 Å². The van der Waals surface area contributed by atoms with Gasteiger partial charge in [0.1, 0.15) is 11.6 Å². The normalized spacial score (nSPS) is 20.1. The van der Waals surface area contributed by atoms with Gasteiger partial charge in [-0.15, -0.1) is 0 Å². The molecule has 0 bridgehead atoms. The van der Waals surface area contributed by atoms with Gasteiger partial charge in [0.05, 0.1) is 12.0 Å². The largest absolute Gasteiger partial charge is 0.493 e. The number of hydrogen-bond donors (Lipinski definition) is 1. The van der Waals surface area contributed by atoms with Crippen molar-refractivity contribution in [3.63, 3.8) is 0 Å². The summed E-state index contributed by atoms with van der Waals surface area (Å²) in [5, 5.41) is 9.13. The summed E-state index contributed by atoms with van der Waals surface area (Å²) in [6.07, 6.45) is 1.79. The van der Waals surface area contributed by atoms with Crippen LogP contribution in [-0.4, -0.2) is 17.7 Å². The molecule has 2 aliphatic rings. The first kappa shape index (κ1) is 9.63. The predicted octanol–water partition coefficient (Wildman–Crippen LogP) is 1.88. The van der Waals surface area contributed by atoms with Gasteiger partial charge in [-0.05, 0) is 24.5 Å². The highest BCUT2D eigenvalue weighted by Crippen LogP contribution is 2.50. The Hall–Kier alpha value is -1.58. The van der Waals surface area contributed by atoms with E-state index in [1.165, 1.54) is 6.07 Å². The maximum atomic E-state index is 13.8. The van der Waals surface area contributed by atoms with Gasteiger partial charge in [0.25, 0.3) is 0 Å². The molecular formula is C12H11FO3. The molecular weight excluding hydrogens is 211 g/mol. The van der Waals surface area contributed by atoms with Crippen LogP contribution < -0.4 is 4.74 Å². The Morgan fingerprint density at radius 2 is 2.19 bits per heavy atom. The van der Waals surface area contributed by atoms with E-state index in [1.807, 2.05) is 0 Å². The zero-order valence-electron chi connectivity index (χ0n) is 8.62. The number of fused-ring (bicyclic) bond motifs is 1. The molecule has 0 saturated heterocycles. The highest BCUT2D eigenvalue weighted by atomic mass is 19.1. The number of hydrogen-bond acceptors (Lipinski definition) is 2. The molecule has 16 heavy (non-hydrogen) atoms. The van der Waals surface area contributed by atoms with Crippen molar-refractivity contribution in [2.24, 2.45) is 0 Å². The number of ether oxygens (including phenoxy) is 1. The van der Waals surface area contributed by atoms with Crippen LogP contribution in [-0.2, 0) is 16.6 Å². The predicted molar refractivity (Wildman–Crippen MR) is 54.1 cm³/mol. The van der Waals surface area contributed by atoms with Crippen LogP contribution in [0, 0.1) is 5.82 Å². The van der Waals surface area contributed by atoms with E-state index in [0.29, 0.717) is 30.8 Å². The average molecular weight is 222 g/mol. The highest BCUT2D eigenvalue weighted by Gasteiger charge is 2.53. The smallest absolute Gasteiger partial charge is 0.314 e. The summed E-state index contributed by atoms with van der Waals surface area (Å²) in [4.78, 5) is 11.1. The minimum Gasteiger partial charge on any atom is -0.493 e. The van der Waals surface area contributed by atoms with Crippen molar-refractivity contribution in [3.8, 4) is 5.75 Å². The SMILES string of the molecule is O=C(O)C1(c2cc3c(cc2F)OCC3)CC1. The van der Waals surface area contributed by atoms with Crippen molar-refractivity contribution in [3.05, 3.63) is 29.1 Å². The second-order valence-electron chi connectivity index (χ2n) is 4.43. The van der Waals surface area contributed by atoms with Gasteiger partial charge >= 0.3 is 5.97 Å². The van der Waals surface area contributed by atoms with Crippen molar-refractivity contribution < 1.29 is 19.0 Å². The van der Waals surface area contributed by atoms with Crippen molar-refractivity contribution in [1.29, 1.82) is 0 Å². The van der Waals surface area contributed by atoms with Gasteiger partial charge in [0.15, 0.2) is 0 Å². The number of halogens is 1. The third kappa shape index (κ3) is 1.16. The molecule has 0 spiro atoms. The van der Waals surface area contributed by atoms with Crippen molar-refractivity contribution in [2.45, 2.75) is 24.7 Å². The van der Waals surface area contributed by atoms with Crippen LogP contribution in [0.4, 0.5) is 4.39 Å². The Kier molecular flexibility index (Phi) is 1.79. The van der Waals surface area contributed by atoms with E-state index in [-0.39, 0.29) is 0 Å². The Balaban J connectivity index is 2.12. The zero-order valence-corrected chi connectivity index (χ0v) is 8.62. The lowest BCUT2D eigenvalue weighted by molar-refractivity contribution is -0.140. The number of carboxylic acids is 1. The lowest BCUT2D eigenvalue weighted by atomic mass is 9.93. The Labute approximate surface area is 91.8 Å². The summed E-state index contributed by atoms with van der Waals surface area (Å²) >= 11 is 0. The zero-order chi connectivity index (χ0) is 11.3. The summed E-state index contributed by atoms with van der Waals surface area (Å²) in [7, 11) is 0. The van der Waals surface area contributed by atoms with E-state index in [9.17, 15) is 9.18 Å². The van der Waals surface area contributed by atoms with E-state index in [0.717, 1.165) is 12.0 Å². The molecule has 1 saturated carbocycles. The molecule has 0 aromatic heterocycles. The lowest BCUT2D eigenvalue weighted by Crippen LogP contribution is -2.21. The molecule has 0 atom stereocenters. The minimum atomic E-state index is -0.971. The average Bonchev–Trinajstić information content (AvgIpc) is 2.92. The van der Waals surface area contributed by atoms with Crippen LogP contribution in [0.3, 0.4) is 0 Å². The number of rotatable bonds is 2. The first-order valence-corrected chi connectivity index (χ1v) is 5.32. The quantitative estimate of drug-likeness (QED) is 0.831. The molecule has 0 amide bonds. The molecule has 3 rings (SSSR count). The second-order valence-corrected chi connectivity index (χ2v) is 4.43. The molecule has 4 heteroatoms. The molecule has 1 aromatic carbocycles. The number of benzene rings is 1. The third-order valence-corrected chi connectivity index (χ3v) is 3.45. The molecule has 3 nitrogen and oxygen atoms in total. The van der Waals surface area contributed by atoms with Crippen molar-refractivity contribution in [1.82, 2.24) is 0 Å². The van der Waals surface area contributed by atoms with Gasteiger partial charge in [-0.2, -0.15) is 0 Å². The molecule has 1 aliphatic carbocycles. The highest BCUT2D eigenvalue weighted by molar-refractivity contribution is 5.85. The summed E-state index contributed by atoms with van der Waals surface area (Å²) in [5.41, 5.74) is 0.273. The summed E-state index contributed by atoms with van der Waals surface area (Å²) in [6.45, 7) is 0.554. The number of aliphatic carboxylic acids is 1. The summed E-state index contributed by atoms with van der Waals surface area (Å²) in [5.74, 6) is -0.826. The molecule has 84 valence electrons. The summed E-state index contributed by atoms with van der Waals surface area (Å²) < 4.78 is 19.0. The maximum absolute atomic E-state index is 13.8.